The topological polar surface area (TPSA) is 51.0 Å². The summed E-state index contributed by atoms with van der Waals surface area (Å²) < 4.78 is 6.00. The molecule has 2 heterocycles. The lowest BCUT2D eigenvalue weighted by molar-refractivity contribution is 0.514. The van der Waals surface area contributed by atoms with Crippen LogP contribution in [0.3, 0.4) is 0 Å². The Morgan fingerprint density at radius 3 is 2.76 bits per heavy atom. The molecular weight excluding hydrogens is 262 g/mol. The number of hydrogen-bond acceptors (Lipinski definition) is 4. The Balaban J connectivity index is 1.67. The van der Waals surface area contributed by atoms with Gasteiger partial charge in [-0.25, -0.2) is 9.97 Å². The molecule has 21 heavy (non-hydrogen) atoms. The molecule has 2 unspecified atom stereocenters. The van der Waals surface area contributed by atoms with Crippen LogP contribution in [0.5, 0.6) is 0 Å². The Morgan fingerprint density at radius 1 is 1.29 bits per heavy atom. The second-order valence-corrected chi connectivity index (χ2v) is 6.33. The number of aromatic nitrogens is 2. The summed E-state index contributed by atoms with van der Waals surface area (Å²) in [6.07, 6.45) is 3.72. The van der Waals surface area contributed by atoms with E-state index in [0.717, 1.165) is 41.3 Å². The van der Waals surface area contributed by atoms with Crippen LogP contribution in [-0.2, 0) is 0 Å². The predicted molar refractivity (Wildman–Crippen MR) is 82.4 cm³/mol. The van der Waals surface area contributed by atoms with Crippen LogP contribution >= 0.6 is 0 Å². The van der Waals surface area contributed by atoms with E-state index in [2.05, 4.69) is 36.3 Å². The fraction of sp³-hybridized carbons (Fsp3) is 0.529. The molecule has 2 aliphatic carbocycles. The maximum atomic E-state index is 6.00. The molecule has 2 saturated carbocycles. The van der Waals surface area contributed by atoms with E-state index < -0.39 is 0 Å². The molecule has 2 fully saturated rings. The minimum atomic E-state index is 0.596. The number of nitrogens with one attached hydrogen (secondary N) is 1. The molecule has 0 radical (unpaired) electrons. The summed E-state index contributed by atoms with van der Waals surface area (Å²) >= 11 is 0. The summed E-state index contributed by atoms with van der Waals surface area (Å²) in [6, 6.07) is 6.18. The first-order valence-corrected chi connectivity index (χ1v) is 7.97. The SMILES string of the molecule is CCNc1cc(C2CC2)nc(-c2ccc(C3CC3C)o2)n1. The van der Waals surface area contributed by atoms with Gasteiger partial charge in [0.25, 0.3) is 0 Å². The molecule has 110 valence electrons. The van der Waals surface area contributed by atoms with Gasteiger partial charge in [0.15, 0.2) is 11.6 Å². The van der Waals surface area contributed by atoms with Crippen LogP contribution in [0.15, 0.2) is 22.6 Å². The molecule has 0 spiro atoms. The van der Waals surface area contributed by atoms with Crippen molar-refractivity contribution in [3.8, 4) is 11.6 Å². The van der Waals surface area contributed by atoms with Gasteiger partial charge in [0.2, 0.25) is 0 Å². The number of rotatable bonds is 5. The third-order valence-corrected chi connectivity index (χ3v) is 4.42. The fourth-order valence-corrected chi connectivity index (χ4v) is 2.83. The summed E-state index contributed by atoms with van der Waals surface area (Å²) in [5.74, 6) is 5.46. The molecule has 1 N–H and O–H groups in total. The lowest BCUT2D eigenvalue weighted by atomic mass is 10.2. The van der Waals surface area contributed by atoms with E-state index >= 15 is 0 Å². The van der Waals surface area contributed by atoms with Gasteiger partial charge in [0.05, 0.1) is 0 Å². The number of hydrogen-bond donors (Lipinski definition) is 1. The van der Waals surface area contributed by atoms with Gasteiger partial charge >= 0.3 is 0 Å². The lowest BCUT2D eigenvalue weighted by Crippen LogP contribution is -2.03. The van der Waals surface area contributed by atoms with Crippen LogP contribution in [0.25, 0.3) is 11.6 Å². The van der Waals surface area contributed by atoms with Gasteiger partial charge in [0, 0.05) is 30.1 Å². The van der Waals surface area contributed by atoms with Gasteiger partial charge in [-0.05, 0) is 44.2 Å². The Hall–Kier alpha value is -1.84. The largest absolute Gasteiger partial charge is 0.457 e. The highest BCUT2D eigenvalue weighted by Crippen LogP contribution is 2.48. The van der Waals surface area contributed by atoms with Crippen LogP contribution < -0.4 is 5.32 Å². The highest BCUT2D eigenvalue weighted by Gasteiger charge is 2.37. The highest BCUT2D eigenvalue weighted by atomic mass is 16.3. The van der Waals surface area contributed by atoms with E-state index in [1.54, 1.807) is 0 Å². The number of nitrogens with zero attached hydrogens (tertiary/aromatic N) is 2. The van der Waals surface area contributed by atoms with Crippen molar-refractivity contribution in [3.05, 3.63) is 29.7 Å². The molecule has 0 aromatic carbocycles. The van der Waals surface area contributed by atoms with Crippen molar-refractivity contribution >= 4 is 5.82 Å². The maximum absolute atomic E-state index is 6.00. The monoisotopic (exact) mass is 283 g/mol. The molecule has 4 heteroatoms. The first kappa shape index (κ1) is 12.9. The minimum absolute atomic E-state index is 0.596. The maximum Gasteiger partial charge on any atom is 0.197 e. The minimum Gasteiger partial charge on any atom is -0.457 e. The zero-order chi connectivity index (χ0) is 14.4. The molecule has 2 aliphatic rings. The lowest BCUT2D eigenvalue weighted by Gasteiger charge is -2.07. The normalized spacial score (nSPS) is 24.1. The molecule has 0 saturated heterocycles. The summed E-state index contributed by atoms with van der Waals surface area (Å²) in [4.78, 5) is 9.31. The predicted octanol–water partition coefficient (Wildman–Crippen LogP) is 4.17. The van der Waals surface area contributed by atoms with Gasteiger partial charge in [-0.2, -0.15) is 0 Å². The summed E-state index contributed by atoms with van der Waals surface area (Å²) in [5.41, 5.74) is 1.15. The van der Waals surface area contributed by atoms with E-state index in [9.17, 15) is 0 Å². The van der Waals surface area contributed by atoms with E-state index in [0.29, 0.717) is 11.8 Å². The molecule has 4 nitrogen and oxygen atoms in total. The zero-order valence-electron chi connectivity index (χ0n) is 12.6. The smallest absolute Gasteiger partial charge is 0.197 e. The van der Waals surface area contributed by atoms with Gasteiger partial charge in [-0.1, -0.05) is 6.92 Å². The Bertz CT molecular complexity index is 660. The summed E-state index contributed by atoms with van der Waals surface area (Å²) in [7, 11) is 0. The molecule has 2 aromatic heterocycles. The molecule has 0 amide bonds. The van der Waals surface area contributed by atoms with Crippen LogP contribution in [0, 0.1) is 5.92 Å². The Labute approximate surface area is 125 Å². The van der Waals surface area contributed by atoms with Crippen molar-refractivity contribution in [1.29, 1.82) is 0 Å². The summed E-state index contributed by atoms with van der Waals surface area (Å²) in [5, 5.41) is 3.30. The highest BCUT2D eigenvalue weighted by molar-refractivity contribution is 5.53. The molecular formula is C17H21N3O. The van der Waals surface area contributed by atoms with E-state index in [-0.39, 0.29) is 0 Å². The fourth-order valence-electron chi connectivity index (χ4n) is 2.83. The quantitative estimate of drug-likeness (QED) is 0.894. The van der Waals surface area contributed by atoms with Crippen molar-refractivity contribution in [2.75, 3.05) is 11.9 Å². The average molecular weight is 283 g/mol. The average Bonchev–Trinajstić information content (AvgIpc) is 3.39. The third kappa shape index (κ3) is 2.55. The summed E-state index contributed by atoms with van der Waals surface area (Å²) in [6.45, 7) is 5.21. The molecule has 2 atom stereocenters. The number of furan rings is 1. The van der Waals surface area contributed by atoms with Crippen LogP contribution in [-0.4, -0.2) is 16.5 Å². The zero-order valence-corrected chi connectivity index (χ0v) is 12.6. The third-order valence-electron chi connectivity index (χ3n) is 4.42. The standard InChI is InChI=1S/C17H21N3O/c1-3-18-16-9-13(11-4-5-11)19-17(20-16)15-7-6-14(21-15)12-8-10(12)2/h6-7,9-12H,3-5,8H2,1-2H3,(H,18,19,20). The van der Waals surface area contributed by atoms with Gasteiger partial charge in [0.1, 0.15) is 11.6 Å². The second kappa shape index (κ2) is 4.86. The van der Waals surface area contributed by atoms with Crippen molar-refractivity contribution in [2.24, 2.45) is 5.92 Å². The van der Waals surface area contributed by atoms with Crippen LogP contribution in [0.4, 0.5) is 5.82 Å². The van der Waals surface area contributed by atoms with Crippen molar-refractivity contribution in [1.82, 2.24) is 9.97 Å². The Kier molecular flexibility index (Phi) is 2.98. The van der Waals surface area contributed by atoms with Crippen molar-refractivity contribution in [3.63, 3.8) is 0 Å². The van der Waals surface area contributed by atoms with Crippen molar-refractivity contribution in [2.45, 2.75) is 44.9 Å². The van der Waals surface area contributed by atoms with Crippen LogP contribution in [0.1, 0.15) is 56.4 Å². The van der Waals surface area contributed by atoms with Gasteiger partial charge in [-0.3, -0.25) is 0 Å². The first-order chi connectivity index (χ1) is 10.2. The van der Waals surface area contributed by atoms with Gasteiger partial charge in [-0.15, -0.1) is 0 Å². The van der Waals surface area contributed by atoms with Crippen molar-refractivity contribution < 1.29 is 4.42 Å². The molecule has 0 aliphatic heterocycles. The molecule has 2 aromatic rings. The van der Waals surface area contributed by atoms with E-state index in [4.69, 9.17) is 9.40 Å². The van der Waals surface area contributed by atoms with Gasteiger partial charge < -0.3 is 9.73 Å². The number of anilines is 1. The Morgan fingerprint density at radius 2 is 2.10 bits per heavy atom. The van der Waals surface area contributed by atoms with E-state index in [1.807, 2.05) is 6.07 Å². The second-order valence-electron chi connectivity index (χ2n) is 6.33. The molecule has 4 rings (SSSR count). The van der Waals surface area contributed by atoms with Crippen LogP contribution in [0.2, 0.25) is 0 Å². The van der Waals surface area contributed by atoms with E-state index in [1.165, 1.54) is 19.3 Å². The first-order valence-electron chi connectivity index (χ1n) is 7.97. The molecule has 0 bridgehead atoms.